The molecule has 0 saturated heterocycles. The van der Waals surface area contributed by atoms with Gasteiger partial charge < -0.3 is 5.11 Å². The van der Waals surface area contributed by atoms with Gasteiger partial charge in [0, 0.05) is 21.7 Å². The van der Waals surface area contributed by atoms with E-state index >= 15 is 0 Å². The predicted octanol–water partition coefficient (Wildman–Crippen LogP) is 4.21. The predicted molar refractivity (Wildman–Crippen MR) is 95.9 cm³/mol. The van der Waals surface area contributed by atoms with Gasteiger partial charge in [-0.15, -0.1) is 0 Å². The number of aliphatic hydroxyl groups is 1. The number of rotatable bonds is 1. The van der Waals surface area contributed by atoms with Gasteiger partial charge in [-0.3, -0.25) is 4.79 Å². The van der Waals surface area contributed by atoms with Gasteiger partial charge in [-0.2, -0.15) is 0 Å². The first kappa shape index (κ1) is 15.4. The Morgan fingerprint density at radius 3 is 2.91 bits per heavy atom. The lowest BCUT2D eigenvalue weighted by Crippen LogP contribution is -2.47. The summed E-state index contributed by atoms with van der Waals surface area (Å²) in [6.07, 6.45) is 11.5. The molecule has 5 atom stereocenters. The molecule has 1 N–H and O–H groups in total. The zero-order valence-electron chi connectivity index (χ0n) is 13.3. The van der Waals surface area contributed by atoms with Crippen LogP contribution in [0.3, 0.4) is 0 Å². The minimum atomic E-state index is -0.129. The monoisotopic (exact) mass is 412 g/mol. The number of halogens is 1. The molecule has 0 radical (unpaired) electrons. The Balaban J connectivity index is 1.79. The summed E-state index contributed by atoms with van der Waals surface area (Å²) in [4.78, 5) is 11.9. The largest absolute Gasteiger partial charge is 0.393 e. The molecule has 0 amide bonds. The number of fused-ring (bicyclic) bond motifs is 5. The van der Waals surface area contributed by atoms with Crippen molar-refractivity contribution in [2.45, 2.75) is 58.0 Å². The van der Waals surface area contributed by atoms with Crippen LogP contribution in [0.5, 0.6) is 0 Å². The fourth-order valence-electron chi connectivity index (χ4n) is 5.88. The van der Waals surface area contributed by atoms with Crippen LogP contribution in [0.15, 0.2) is 23.3 Å². The fraction of sp³-hybridized carbons (Fsp3) is 0.737. The number of hydrogen-bond acceptors (Lipinski definition) is 2. The second kappa shape index (κ2) is 5.17. The third-order valence-corrected chi connectivity index (χ3v) is 8.56. The minimum absolute atomic E-state index is 0.0896. The van der Waals surface area contributed by atoms with Crippen molar-refractivity contribution in [3.63, 3.8) is 0 Å². The van der Waals surface area contributed by atoms with E-state index in [0.29, 0.717) is 24.0 Å². The molecule has 1 unspecified atom stereocenters. The third-order valence-electron chi connectivity index (χ3n) is 7.26. The Morgan fingerprint density at radius 2 is 2.14 bits per heavy atom. The number of ketones is 1. The van der Waals surface area contributed by atoms with E-state index in [1.54, 1.807) is 5.57 Å². The lowest BCUT2D eigenvalue weighted by Gasteiger charge is -2.53. The van der Waals surface area contributed by atoms with E-state index in [1.807, 2.05) is 6.08 Å². The molecule has 4 aliphatic rings. The molecule has 4 rings (SSSR count). The summed E-state index contributed by atoms with van der Waals surface area (Å²) >= 11 is 2.53. The Hall–Kier alpha value is -0.160. The second-order valence-electron chi connectivity index (χ2n) is 8.07. The van der Waals surface area contributed by atoms with Crippen molar-refractivity contribution < 1.29 is 9.90 Å². The molecule has 4 aliphatic carbocycles. The zero-order chi connectivity index (χ0) is 15.5. The van der Waals surface area contributed by atoms with Crippen molar-refractivity contribution in [3.05, 3.63) is 23.3 Å². The smallest absolute Gasteiger partial charge is 0.155 e. The fourth-order valence-corrected chi connectivity index (χ4v) is 7.19. The van der Waals surface area contributed by atoms with E-state index in [4.69, 9.17) is 0 Å². The van der Waals surface area contributed by atoms with Gasteiger partial charge in [0.2, 0.25) is 0 Å². The molecule has 0 heterocycles. The maximum Gasteiger partial charge on any atom is 0.155 e. The molecule has 3 heteroatoms. The van der Waals surface area contributed by atoms with Crippen molar-refractivity contribution in [2.75, 3.05) is 4.43 Å². The van der Waals surface area contributed by atoms with Crippen LogP contribution in [0.2, 0.25) is 0 Å². The number of alkyl halides is 1. The van der Waals surface area contributed by atoms with Crippen molar-refractivity contribution in [1.82, 2.24) is 0 Å². The highest BCUT2D eigenvalue weighted by molar-refractivity contribution is 14.1. The van der Waals surface area contributed by atoms with Gasteiger partial charge in [0.25, 0.3) is 0 Å². The quantitative estimate of drug-likeness (QED) is 0.398. The van der Waals surface area contributed by atoms with E-state index in [0.717, 1.165) is 30.1 Å². The van der Waals surface area contributed by atoms with Gasteiger partial charge >= 0.3 is 0 Å². The molecule has 2 fully saturated rings. The SMILES string of the molecule is C[C@]12CC=C3C(CCC4=CC(=O)CC[C@@]43CI)[C@@H]1CC[C@@H]2O. The Bertz CT molecular complexity index is 578. The van der Waals surface area contributed by atoms with E-state index < -0.39 is 0 Å². The lowest BCUT2D eigenvalue weighted by atomic mass is 9.52. The van der Waals surface area contributed by atoms with Crippen LogP contribution in [-0.2, 0) is 4.79 Å². The van der Waals surface area contributed by atoms with Gasteiger partial charge in [-0.1, -0.05) is 46.7 Å². The number of carbonyl (C=O) groups excluding carboxylic acids is 1. The summed E-state index contributed by atoms with van der Waals surface area (Å²) in [5.41, 5.74) is 3.28. The molecule has 0 bridgehead atoms. The van der Waals surface area contributed by atoms with Gasteiger partial charge in [0.15, 0.2) is 5.78 Å². The highest BCUT2D eigenvalue weighted by atomic mass is 127. The second-order valence-corrected chi connectivity index (χ2v) is 8.83. The van der Waals surface area contributed by atoms with Crippen molar-refractivity contribution in [1.29, 1.82) is 0 Å². The first-order valence-corrected chi connectivity index (χ1v) is 10.2. The molecule has 0 aromatic carbocycles. The number of hydrogen-bond donors (Lipinski definition) is 1. The van der Waals surface area contributed by atoms with Gasteiger partial charge in [0.05, 0.1) is 6.10 Å². The molecule has 0 aromatic heterocycles. The van der Waals surface area contributed by atoms with Crippen molar-refractivity contribution >= 4 is 28.4 Å². The van der Waals surface area contributed by atoms with E-state index in [2.05, 4.69) is 35.6 Å². The molecule has 2 nitrogen and oxygen atoms in total. The van der Waals surface area contributed by atoms with Crippen molar-refractivity contribution in [2.24, 2.45) is 22.7 Å². The summed E-state index contributed by atoms with van der Waals surface area (Å²) in [6, 6.07) is 0. The number of aliphatic hydroxyl groups excluding tert-OH is 1. The Kier molecular flexibility index (Phi) is 3.61. The van der Waals surface area contributed by atoms with E-state index in [-0.39, 0.29) is 16.9 Å². The van der Waals surface area contributed by atoms with Crippen LogP contribution in [-0.4, -0.2) is 21.4 Å². The molecule has 22 heavy (non-hydrogen) atoms. The van der Waals surface area contributed by atoms with Gasteiger partial charge in [0.1, 0.15) is 0 Å². The van der Waals surface area contributed by atoms with Crippen LogP contribution in [0.1, 0.15) is 51.9 Å². The molecular formula is C19H25IO2. The average Bonchev–Trinajstić information content (AvgIpc) is 2.82. The zero-order valence-corrected chi connectivity index (χ0v) is 15.4. The molecule has 120 valence electrons. The summed E-state index contributed by atoms with van der Waals surface area (Å²) in [5, 5.41) is 10.5. The topological polar surface area (TPSA) is 37.3 Å². The molecule has 0 aliphatic heterocycles. The molecule has 0 aromatic rings. The summed E-state index contributed by atoms with van der Waals surface area (Å²) in [7, 11) is 0. The molecule has 2 saturated carbocycles. The average molecular weight is 412 g/mol. The maximum atomic E-state index is 11.9. The number of allylic oxidation sites excluding steroid dienone is 4. The Morgan fingerprint density at radius 1 is 1.32 bits per heavy atom. The van der Waals surface area contributed by atoms with Crippen molar-refractivity contribution in [3.8, 4) is 0 Å². The summed E-state index contributed by atoms with van der Waals surface area (Å²) in [6.45, 7) is 2.30. The first-order chi connectivity index (χ1) is 10.5. The van der Waals surface area contributed by atoms with Crippen LogP contribution >= 0.6 is 22.6 Å². The van der Waals surface area contributed by atoms with Gasteiger partial charge in [-0.25, -0.2) is 0 Å². The van der Waals surface area contributed by atoms with Crippen LogP contribution in [0.25, 0.3) is 0 Å². The normalized spacial score (nSPS) is 47.2. The van der Waals surface area contributed by atoms with Crippen LogP contribution < -0.4 is 0 Å². The maximum absolute atomic E-state index is 11.9. The van der Waals surface area contributed by atoms with Crippen LogP contribution in [0, 0.1) is 22.7 Å². The summed E-state index contributed by atoms with van der Waals surface area (Å²) in [5.74, 6) is 1.60. The Labute approximate surface area is 146 Å². The van der Waals surface area contributed by atoms with E-state index in [1.165, 1.54) is 18.4 Å². The molecular weight excluding hydrogens is 387 g/mol. The van der Waals surface area contributed by atoms with E-state index in [9.17, 15) is 9.90 Å². The highest BCUT2D eigenvalue weighted by Crippen LogP contribution is 2.63. The van der Waals surface area contributed by atoms with Crippen LogP contribution in [0.4, 0.5) is 0 Å². The standard InChI is InChI=1S/C19H25IO2/c1-18-8-7-16-14(15(18)4-5-17(18)22)3-2-12-10-13(21)6-9-19(12,16)11-20/h7,10,14-15,17,22H,2-6,8-9,11H2,1H3/t14?,15-,17-,18-,19+/m0/s1. The van der Waals surface area contributed by atoms with Gasteiger partial charge in [-0.05, 0) is 56.4 Å². The summed E-state index contributed by atoms with van der Waals surface area (Å²) < 4.78 is 1.10. The third kappa shape index (κ3) is 1.90. The molecule has 0 spiro atoms. The first-order valence-electron chi connectivity index (χ1n) is 8.70. The lowest BCUT2D eigenvalue weighted by molar-refractivity contribution is -0.115. The highest BCUT2D eigenvalue weighted by Gasteiger charge is 2.56. The number of carbonyl (C=O) groups is 1. The minimum Gasteiger partial charge on any atom is -0.393 e.